The second kappa shape index (κ2) is 12.2. The zero-order valence-corrected chi connectivity index (χ0v) is 27.5. The summed E-state index contributed by atoms with van der Waals surface area (Å²) in [7, 11) is 0. The molecule has 2 heterocycles. The van der Waals surface area contributed by atoms with E-state index in [9.17, 15) is 31.6 Å². The lowest BCUT2D eigenvalue weighted by Crippen LogP contribution is -2.12. The summed E-state index contributed by atoms with van der Waals surface area (Å²) in [5, 5.41) is 63.1. The summed E-state index contributed by atoms with van der Waals surface area (Å²) in [5.41, 5.74) is 0.647. The molecule has 0 N–H and O–H groups in total. The second-order valence-electron chi connectivity index (χ2n) is 12.4. The van der Waals surface area contributed by atoms with Gasteiger partial charge in [0, 0.05) is 32.7 Å². The highest BCUT2D eigenvalue weighted by Crippen LogP contribution is 2.47. The summed E-state index contributed by atoms with van der Waals surface area (Å²) < 4.78 is 48.9. The minimum Gasteiger partial charge on any atom is -0.308 e. The molecule has 6 aromatic carbocycles. The first-order valence-electron chi connectivity index (χ1n) is 16.1. The van der Waals surface area contributed by atoms with Crippen molar-refractivity contribution < 1.29 is 13.2 Å². The van der Waals surface area contributed by atoms with Crippen LogP contribution < -0.4 is 0 Å². The fourth-order valence-corrected chi connectivity index (χ4v) is 7.27. The van der Waals surface area contributed by atoms with E-state index in [4.69, 9.17) is 0 Å². The third-order valence-corrected chi connectivity index (χ3v) is 9.50. The van der Waals surface area contributed by atoms with E-state index in [-0.39, 0.29) is 50.3 Å². The Morgan fingerprint density at radius 1 is 0.407 bits per heavy atom. The fraction of sp³-hybridized carbons (Fsp3) is 0.0233. The molecule has 8 aromatic rings. The van der Waals surface area contributed by atoms with E-state index in [1.54, 1.807) is 81.9 Å². The van der Waals surface area contributed by atoms with E-state index in [0.717, 1.165) is 12.1 Å². The van der Waals surface area contributed by atoms with Crippen LogP contribution in [0.2, 0.25) is 0 Å². The number of hydrogen-bond donors (Lipinski definition) is 0. The predicted molar refractivity (Wildman–Crippen MR) is 194 cm³/mol. The third kappa shape index (κ3) is 4.87. The molecule has 0 aliphatic heterocycles. The first-order valence-corrected chi connectivity index (χ1v) is 16.1. The number of rotatable bonds is 3. The van der Waals surface area contributed by atoms with Crippen molar-refractivity contribution in [2.24, 2.45) is 0 Å². The van der Waals surface area contributed by atoms with Gasteiger partial charge in [0.15, 0.2) is 0 Å². The maximum Gasteiger partial charge on any atom is 0.417 e. The lowest BCUT2D eigenvalue weighted by Gasteiger charge is -2.24. The molecule has 0 aliphatic carbocycles. The minimum absolute atomic E-state index is 0.0255. The molecule has 0 saturated carbocycles. The summed E-state index contributed by atoms with van der Waals surface area (Å²) in [5.74, 6) is 0. The molecular weight excluding hydrogens is 686 g/mol. The molecule has 2 aromatic heterocycles. The Kier molecular flexibility index (Phi) is 7.39. The maximum atomic E-state index is 15.2. The minimum atomic E-state index is -4.96. The van der Waals surface area contributed by atoms with Crippen molar-refractivity contribution >= 4 is 43.6 Å². The first kappa shape index (κ1) is 32.8. The first-order chi connectivity index (χ1) is 26.1. The molecule has 0 bridgehead atoms. The molecule has 0 spiro atoms. The van der Waals surface area contributed by atoms with Gasteiger partial charge in [-0.2, -0.15) is 44.7 Å². The number of hydrogen-bond acceptors (Lipinski definition) is 6. The summed E-state index contributed by atoms with van der Waals surface area (Å²) in [6.07, 6.45) is -4.96. The molecule has 11 heteroatoms. The van der Waals surface area contributed by atoms with Crippen LogP contribution >= 0.6 is 0 Å². The molecule has 8 nitrogen and oxygen atoms in total. The van der Waals surface area contributed by atoms with Gasteiger partial charge in [0.05, 0.1) is 109 Å². The van der Waals surface area contributed by atoms with Crippen LogP contribution in [-0.2, 0) is 6.18 Å². The van der Waals surface area contributed by atoms with Crippen LogP contribution in [0, 0.1) is 68.0 Å². The summed E-state index contributed by atoms with van der Waals surface area (Å²) in [4.78, 5) is 0. The number of aromatic nitrogens is 2. The van der Waals surface area contributed by atoms with Gasteiger partial charge in [-0.25, -0.2) is 0 Å². The molecule has 0 unspecified atom stereocenters. The number of benzene rings is 6. The van der Waals surface area contributed by atoms with E-state index >= 15 is 13.2 Å². The van der Waals surface area contributed by atoms with E-state index in [0.29, 0.717) is 43.6 Å². The molecule has 8 rings (SSSR count). The van der Waals surface area contributed by atoms with Gasteiger partial charge < -0.3 is 9.13 Å². The van der Waals surface area contributed by atoms with Gasteiger partial charge in [-0.3, -0.25) is 0 Å². The van der Waals surface area contributed by atoms with Gasteiger partial charge in [0.2, 0.25) is 0 Å². The lowest BCUT2D eigenvalue weighted by atomic mass is 9.90. The molecule has 0 aliphatic rings. The Labute approximate surface area is 304 Å². The van der Waals surface area contributed by atoms with Crippen LogP contribution in [0.1, 0.15) is 38.9 Å². The average molecular weight is 703 g/mol. The predicted octanol–water partition coefficient (Wildman–Crippen LogP) is 9.80. The van der Waals surface area contributed by atoms with Crippen molar-refractivity contribution in [3.8, 4) is 58.9 Å². The van der Waals surface area contributed by atoms with Crippen LogP contribution in [0.5, 0.6) is 0 Å². The highest BCUT2D eigenvalue weighted by atomic mass is 19.4. The van der Waals surface area contributed by atoms with Crippen molar-refractivity contribution in [2.75, 3.05) is 0 Å². The summed E-state index contributed by atoms with van der Waals surface area (Å²) in [6, 6.07) is 38.2. The Morgan fingerprint density at radius 3 is 1.09 bits per heavy atom. The zero-order valence-electron chi connectivity index (χ0n) is 27.5. The van der Waals surface area contributed by atoms with Crippen molar-refractivity contribution in [1.82, 2.24) is 9.13 Å². The third-order valence-electron chi connectivity index (χ3n) is 9.50. The largest absolute Gasteiger partial charge is 0.417 e. The van der Waals surface area contributed by atoms with E-state index in [1.165, 1.54) is 18.2 Å². The number of nitrogens with zero attached hydrogens (tertiary/aromatic N) is 8. The van der Waals surface area contributed by atoms with Crippen LogP contribution in [0.15, 0.2) is 103 Å². The Hall–Kier alpha value is -8.35. The smallest absolute Gasteiger partial charge is 0.308 e. The van der Waals surface area contributed by atoms with Crippen LogP contribution in [0.3, 0.4) is 0 Å². The highest BCUT2D eigenvalue weighted by molar-refractivity contribution is 6.13. The average Bonchev–Trinajstić information content (AvgIpc) is 3.70. The topological polar surface area (TPSA) is 153 Å². The lowest BCUT2D eigenvalue weighted by molar-refractivity contribution is -0.137. The number of fused-ring (bicyclic) bond motifs is 6. The second-order valence-corrected chi connectivity index (χ2v) is 12.4. The van der Waals surface area contributed by atoms with Crippen molar-refractivity contribution in [3.05, 3.63) is 142 Å². The highest BCUT2D eigenvalue weighted by Gasteiger charge is 2.37. The molecule has 0 saturated heterocycles. The van der Waals surface area contributed by atoms with Crippen LogP contribution in [-0.4, -0.2) is 9.13 Å². The van der Waals surface area contributed by atoms with Crippen molar-refractivity contribution in [3.63, 3.8) is 0 Å². The molecule has 0 atom stereocenters. The van der Waals surface area contributed by atoms with Gasteiger partial charge in [-0.05, 0) is 72.8 Å². The maximum absolute atomic E-state index is 15.2. The van der Waals surface area contributed by atoms with E-state index in [1.807, 2.05) is 6.07 Å². The fourth-order valence-electron chi connectivity index (χ4n) is 7.27. The number of alkyl halides is 3. The zero-order chi connectivity index (χ0) is 37.9. The monoisotopic (exact) mass is 702 g/mol. The molecule has 54 heavy (non-hydrogen) atoms. The van der Waals surface area contributed by atoms with E-state index in [2.05, 4.69) is 30.3 Å². The molecule has 0 radical (unpaired) electrons. The van der Waals surface area contributed by atoms with E-state index < -0.39 is 17.3 Å². The summed E-state index contributed by atoms with van der Waals surface area (Å²) in [6.45, 7) is 0. The van der Waals surface area contributed by atoms with Gasteiger partial charge >= 0.3 is 6.18 Å². The van der Waals surface area contributed by atoms with Gasteiger partial charge in [0.25, 0.3) is 0 Å². The molecular formula is C43H17F3N8. The van der Waals surface area contributed by atoms with Crippen LogP contribution in [0.25, 0.3) is 66.1 Å². The Balaban J connectivity index is 1.71. The van der Waals surface area contributed by atoms with Gasteiger partial charge in [-0.15, -0.1) is 0 Å². The quantitative estimate of drug-likeness (QED) is 0.179. The van der Waals surface area contributed by atoms with Crippen molar-refractivity contribution in [1.29, 1.82) is 31.6 Å². The standard InChI is InChI=1S/C43H17F3N8/c44-43(45,46)34-3-1-2-29(23-52)41(34)42-39(53-35-12-24(18-47)4-8-30(35)31-9-5-25(19-48)13-36(31)53)16-28(22-51)17-40(42)54-37-14-26(20-49)6-10-32(37)33-11-7-27(21-50)15-38(33)54/h1-17H. The Morgan fingerprint density at radius 2 is 0.778 bits per heavy atom. The normalized spacial score (nSPS) is 11.1. The summed E-state index contributed by atoms with van der Waals surface area (Å²) >= 11 is 0. The molecule has 0 fully saturated rings. The van der Waals surface area contributed by atoms with Crippen LogP contribution in [0.4, 0.5) is 13.2 Å². The SMILES string of the molecule is N#Cc1cc(-n2c3cc(C#N)ccc3c3ccc(C#N)cc32)c(-c2c(C#N)cccc2C(F)(F)F)c(-n2c3cc(C#N)ccc3c3ccc(C#N)cc32)c1. The molecule has 0 amide bonds. The molecule has 250 valence electrons. The Bertz CT molecular complexity index is 2920. The number of halogens is 3. The number of nitriles is 6. The van der Waals surface area contributed by atoms with Gasteiger partial charge in [0.1, 0.15) is 0 Å². The van der Waals surface area contributed by atoms with Crippen molar-refractivity contribution in [2.45, 2.75) is 6.18 Å². The van der Waals surface area contributed by atoms with Gasteiger partial charge in [-0.1, -0.05) is 30.3 Å².